The van der Waals surface area contributed by atoms with Gasteiger partial charge in [-0.25, -0.2) is 35.9 Å². The maximum Gasteiger partial charge on any atom is 0.243 e. The van der Waals surface area contributed by atoms with Gasteiger partial charge in [-0.15, -0.1) is 0 Å². The van der Waals surface area contributed by atoms with Crippen LogP contribution in [0.25, 0.3) is 11.3 Å². The molecule has 1 unspecified atom stereocenters. The van der Waals surface area contributed by atoms with Crippen LogP contribution in [0.2, 0.25) is 0 Å². The number of para-hydroxylation sites is 1. The molecule has 0 bridgehead atoms. The molecule has 0 spiro atoms. The Morgan fingerprint density at radius 3 is 2.17 bits per heavy atom. The summed E-state index contributed by atoms with van der Waals surface area (Å²) in [6, 6.07) is 14.5. The van der Waals surface area contributed by atoms with Gasteiger partial charge in [-0.3, -0.25) is 4.79 Å². The highest BCUT2D eigenvalue weighted by Crippen LogP contribution is 2.28. The van der Waals surface area contributed by atoms with Crippen LogP contribution >= 0.6 is 0 Å². The Labute approximate surface area is 263 Å². The molecule has 1 aromatic heterocycles. The largest absolute Gasteiger partial charge is 0.366 e. The molecule has 2 aliphatic heterocycles. The number of aromatic nitrogens is 2. The molecule has 3 aromatic carbocycles. The van der Waals surface area contributed by atoms with Gasteiger partial charge < -0.3 is 15.1 Å². The summed E-state index contributed by atoms with van der Waals surface area (Å²) in [5.74, 6) is -2.75. The summed E-state index contributed by atoms with van der Waals surface area (Å²) in [4.78, 5) is 26.2. The molecule has 6 rings (SSSR count). The Hall–Kier alpha value is -4.56. The van der Waals surface area contributed by atoms with E-state index in [0.717, 1.165) is 46.8 Å². The summed E-state index contributed by atoms with van der Waals surface area (Å²) >= 11 is 0. The summed E-state index contributed by atoms with van der Waals surface area (Å²) in [7, 11) is -4.06. The molecular weight excluding hydrogens is 624 g/mol. The van der Waals surface area contributed by atoms with Crippen molar-refractivity contribution in [2.45, 2.75) is 30.3 Å². The van der Waals surface area contributed by atoms with Crippen LogP contribution in [0, 0.1) is 23.3 Å². The van der Waals surface area contributed by atoms with E-state index in [-0.39, 0.29) is 41.0 Å². The van der Waals surface area contributed by atoms with Crippen LogP contribution in [0.5, 0.6) is 0 Å². The number of piperazine rings is 1. The molecule has 14 heteroatoms. The zero-order valence-electron chi connectivity index (χ0n) is 24.5. The number of amides is 1. The van der Waals surface area contributed by atoms with E-state index in [9.17, 15) is 30.8 Å². The highest BCUT2D eigenvalue weighted by molar-refractivity contribution is 7.89. The molecule has 2 fully saturated rings. The summed E-state index contributed by atoms with van der Waals surface area (Å²) in [5, 5.41) is 2.76. The number of hydrogen-bond donors (Lipinski definition) is 1. The first-order valence-electron chi connectivity index (χ1n) is 14.7. The molecule has 1 N–H and O–H groups in total. The predicted octanol–water partition coefficient (Wildman–Crippen LogP) is 4.50. The standard InChI is InChI=1S/C32H30F4N6O3S/c33-22-7-9-26(10-8-22)46(44,45)42-11-3-6-30(42)31(43)37-20-25-19-28(21-16-23(34)18-24(35)17-21)39-32(38-25)41-14-12-40(13-15-41)29-5-2-1-4-27(29)36/h1-2,4-5,7-10,16-19,30H,3,6,11-15,20H2,(H,37,43). The van der Waals surface area contributed by atoms with Crippen LogP contribution in [0.3, 0.4) is 0 Å². The predicted molar refractivity (Wildman–Crippen MR) is 163 cm³/mol. The Morgan fingerprint density at radius 1 is 0.804 bits per heavy atom. The number of hydrogen-bond acceptors (Lipinski definition) is 7. The van der Waals surface area contributed by atoms with Crippen LogP contribution in [-0.2, 0) is 21.4 Å². The lowest BCUT2D eigenvalue weighted by Crippen LogP contribution is -2.47. The molecule has 1 atom stereocenters. The maximum atomic E-state index is 14.4. The number of rotatable bonds is 8. The molecular formula is C32H30F4N6O3S. The number of benzene rings is 3. The van der Waals surface area contributed by atoms with Gasteiger partial charge in [-0.05, 0) is 67.4 Å². The van der Waals surface area contributed by atoms with Gasteiger partial charge in [0.15, 0.2) is 0 Å². The molecule has 240 valence electrons. The van der Waals surface area contributed by atoms with Gasteiger partial charge in [-0.2, -0.15) is 4.31 Å². The van der Waals surface area contributed by atoms with Crippen LogP contribution in [0.15, 0.2) is 77.7 Å². The third-order valence-electron chi connectivity index (χ3n) is 8.05. The molecule has 46 heavy (non-hydrogen) atoms. The number of sulfonamides is 1. The minimum absolute atomic E-state index is 0.115. The minimum atomic E-state index is -4.06. The number of nitrogens with zero attached hydrogens (tertiary/aromatic N) is 5. The second kappa shape index (κ2) is 13.0. The van der Waals surface area contributed by atoms with E-state index in [0.29, 0.717) is 50.4 Å². The summed E-state index contributed by atoms with van der Waals surface area (Å²) < 4.78 is 83.7. The van der Waals surface area contributed by atoms with Crippen LogP contribution in [0.4, 0.5) is 29.2 Å². The number of nitrogens with one attached hydrogen (secondary N) is 1. The number of anilines is 2. The molecule has 2 saturated heterocycles. The average molecular weight is 655 g/mol. The van der Waals surface area contributed by atoms with Crippen molar-refractivity contribution in [2.75, 3.05) is 42.5 Å². The fourth-order valence-corrected chi connectivity index (χ4v) is 7.40. The Morgan fingerprint density at radius 2 is 1.48 bits per heavy atom. The summed E-state index contributed by atoms with van der Waals surface area (Å²) in [6.07, 6.45) is 0.756. The van der Waals surface area contributed by atoms with Crippen molar-refractivity contribution in [3.8, 4) is 11.3 Å². The Balaban J connectivity index is 1.22. The van der Waals surface area contributed by atoms with Crippen molar-refractivity contribution in [2.24, 2.45) is 0 Å². The van der Waals surface area contributed by atoms with Gasteiger partial charge in [0.25, 0.3) is 0 Å². The topological polar surface area (TPSA) is 98.7 Å². The summed E-state index contributed by atoms with van der Waals surface area (Å²) in [6.45, 7) is 1.81. The maximum absolute atomic E-state index is 14.4. The van der Waals surface area contributed by atoms with Gasteiger partial charge in [0, 0.05) is 44.4 Å². The highest BCUT2D eigenvalue weighted by atomic mass is 32.2. The van der Waals surface area contributed by atoms with E-state index in [1.165, 1.54) is 12.1 Å². The van der Waals surface area contributed by atoms with Crippen molar-refractivity contribution in [1.29, 1.82) is 0 Å². The van der Waals surface area contributed by atoms with Crippen molar-refractivity contribution in [3.05, 3.63) is 102 Å². The Bertz CT molecular complexity index is 1830. The molecule has 2 aliphatic rings. The lowest BCUT2D eigenvalue weighted by atomic mass is 10.1. The van der Waals surface area contributed by atoms with E-state index in [1.807, 2.05) is 9.80 Å². The fraction of sp³-hybridized carbons (Fsp3) is 0.281. The smallest absolute Gasteiger partial charge is 0.243 e. The summed E-state index contributed by atoms with van der Waals surface area (Å²) in [5.41, 5.74) is 1.22. The minimum Gasteiger partial charge on any atom is -0.366 e. The third kappa shape index (κ3) is 6.67. The lowest BCUT2D eigenvalue weighted by molar-refractivity contribution is -0.124. The monoisotopic (exact) mass is 654 g/mol. The van der Waals surface area contributed by atoms with Gasteiger partial charge in [0.1, 0.15) is 29.3 Å². The van der Waals surface area contributed by atoms with Crippen molar-refractivity contribution in [3.63, 3.8) is 0 Å². The van der Waals surface area contributed by atoms with Gasteiger partial charge in [0.2, 0.25) is 21.9 Å². The molecule has 4 aromatic rings. The Kier molecular flexibility index (Phi) is 8.91. The first-order valence-corrected chi connectivity index (χ1v) is 16.2. The SMILES string of the molecule is O=C(NCc1cc(-c2cc(F)cc(F)c2)nc(N2CCN(c3ccccc3F)CC2)n1)C1CCCN1S(=O)(=O)c1ccc(F)cc1. The van der Waals surface area contributed by atoms with Gasteiger partial charge in [-0.1, -0.05) is 12.1 Å². The lowest BCUT2D eigenvalue weighted by Gasteiger charge is -2.36. The van der Waals surface area contributed by atoms with E-state index in [1.54, 1.807) is 18.2 Å². The molecule has 9 nitrogen and oxygen atoms in total. The van der Waals surface area contributed by atoms with Crippen LogP contribution in [0.1, 0.15) is 18.5 Å². The van der Waals surface area contributed by atoms with Gasteiger partial charge >= 0.3 is 0 Å². The second-order valence-corrected chi connectivity index (χ2v) is 13.0. The normalized spacial score (nSPS) is 17.3. The highest BCUT2D eigenvalue weighted by Gasteiger charge is 2.39. The first kappa shape index (κ1) is 31.4. The van der Waals surface area contributed by atoms with E-state index in [2.05, 4.69) is 15.3 Å². The first-order chi connectivity index (χ1) is 22.1. The molecule has 0 radical (unpaired) electrons. The van der Waals surface area contributed by atoms with Gasteiger partial charge in [0.05, 0.1) is 28.5 Å². The number of halogens is 4. The molecule has 0 saturated carbocycles. The van der Waals surface area contributed by atoms with Crippen LogP contribution < -0.4 is 15.1 Å². The second-order valence-electron chi connectivity index (χ2n) is 11.1. The molecule has 1 amide bonds. The van der Waals surface area contributed by atoms with E-state index in [4.69, 9.17) is 0 Å². The van der Waals surface area contributed by atoms with Crippen molar-refractivity contribution in [1.82, 2.24) is 19.6 Å². The number of carbonyl (C=O) groups excluding carboxylic acids is 1. The van der Waals surface area contributed by atoms with Crippen molar-refractivity contribution >= 4 is 27.6 Å². The average Bonchev–Trinajstić information content (AvgIpc) is 3.55. The number of carbonyl (C=O) groups is 1. The third-order valence-corrected chi connectivity index (χ3v) is 9.97. The van der Waals surface area contributed by atoms with E-state index < -0.39 is 39.4 Å². The van der Waals surface area contributed by atoms with Crippen LogP contribution in [-0.4, -0.2) is 67.4 Å². The molecule has 0 aliphatic carbocycles. The fourth-order valence-electron chi connectivity index (χ4n) is 5.75. The zero-order valence-corrected chi connectivity index (χ0v) is 25.4. The van der Waals surface area contributed by atoms with E-state index >= 15 is 0 Å². The molecule has 3 heterocycles. The zero-order chi connectivity index (χ0) is 32.4. The van der Waals surface area contributed by atoms with Crippen molar-refractivity contribution < 1.29 is 30.8 Å². The quantitative estimate of drug-likeness (QED) is 0.280.